The Morgan fingerprint density at radius 1 is 1.03 bits per heavy atom. The molecule has 2 aromatic heterocycles. The van der Waals surface area contributed by atoms with Crippen molar-refractivity contribution in [3.05, 3.63) is 53.5 Å². The Hall–Kier alpha value is -2.73. The summed E-state index contributed by atoms with van der Waals surface area (Å²) in [4.78, 5) is 24.6. The lowest BCUT2D eigenvalue weighted by Crippen LogP contribution is -2.38. The first-order valence-corrected chi connectivity index (χ1v) is 12.9. The number of rotatable bonds is 4. The van der Waals surface area contributed by atoms with Crippen LogP contribution in [0, 0.1) is 0 Å². The summed E-state index contributed by atoms with van der Waals surface area (Å²) in [5.41, 5.74) is 2.47. The molecule has 0 saturated carbocycles. The number of H-pyrrole nitrogens is 1. The summed E-state index contributed by atoms with van der Waals surface area (Å²) in [6.07, 6.45) is 4.81. The Morgan fingerprint density at radius 3 is 2.35 bits per heavy atom. The van der Waals surface area contributed by atoms with Gasteiger partial charge in [-0.25, -0.2) is 9.97 Å². The van der Waals surface area contributed by atoms with Crippen molar-refractivity contribution in [3.63, 3.8) is 0 Å². The van der Waals surface area contributed by atoms with E-state index in [1.807, 2.05) is 6.07 Å². The topological polar surface area (TPSA) is 71.1 Å². The van der Waals surface area contributed by atoms with Gasteiger partial charge in [-0.2, -0.15) is 0 Å². The first kappa shape index (κ1) is 23.0. The molecule has 0 bridgehead atoms. The van der Waals surface area contributed by atoms with Crippen LogP contribution in [-0.4, -0.2) is 45.5 Å². The first-order valence-electron chi connectivity index (χ1n) is 11.0. The quantitative estimate of drug-likeness (QED) is 0.414. The fourth-order valence-corrected chi connectivity index (χ4v) is 5.32. The monoisotopic (exact) mass is 502 g/mol. The van der Waals surface area contributed by atoms with Crippen LogP contribution in [0.2, 0.25) is 0 Å². The summed E-state index contributed by atoms with van der Waals surface area (Å²) < 4.78 is 70.3. The first-order chi connectivity index (χ1) is 15.9. The molecule has 0 aliphatic carbocycles. The van der Waals surface area contributed by atoms with Gasteiger partial charge in [0, 0.05) is 31.5 Å². The second-order valence-electron chi connectivity index (χ2n) is 8.78. The second-order valence-corrected chi connectivity index (χ2v) is 11.2. The van der Waals surface area contributed by atoms with Crippen LogP contribution in [0.25, 0.3) is 11.2 Å². The highest BCUT2D eigenvalue weighted by atomic mass is 32.5. The maximum Gasteiger partial charge on any atom is 0.310 e. The molecule has 1 N–H and O–H groups in total. The van der Waals surface area contributed by atoms with Gasteiger partial charge < -0.3 is 14.6 Å². The highest BCUT2D eigenvalue weighted by Crippen LogP contribution is 3.02. The van der Waals surface area contributed by atoms with Gasteiger partial charge in [-0.15, -0.1) is 0 Å². The highest BCUT2D eigenvalue weighted by Gasteiger charge is 2.65. The van der Waals surface area contributed by atoms with Gasteiger partial charge in [-0.3, -0.25) is 4.79 Å². The molecule has 2 aliphatic rings. The minimum Gasteiger partial charge on any atom is -0.370 e. The van der Waals surface area contributed by atoms with E-state index in [1.165, 1.54) is 4.90 Å². The van der Waals surface area contributed by atoms with Gasteiger partial charge in [0.15, 0.2) is 5.65 Å². The summed E-state index contributed by atoms with van der Waals surface area (Å²) in [5, 5.41) is 0. The summed E-state index contributed by atoms with van der Waals surface area (Å²) in [7, 11) is -9.76. The lowest BCUT2D eigenvalue weighted by molar-refractivity contribution is 0.0713. The number of nitrogens with one attached hydrogen (secondary N) is 1. The van der Waals surface area contributed by atoms with Gasteiger partial charge >= 0.3 is 10.2 Å². The zero-order valence-electron chi connectivity index (χ0n) is 18.0. The van der Waals surface area contributed by atoms with E-state index >= 15 is 0 Å². The number of aromatic amines is 1. The maximum absolute atomic E-state index is 12.9. The van der Waals surface area contributed by atoms with Gasteiger partial charge in [0.1, 0.15) is 16.8 Å². The van der Waals surface area contributed by atoms with Crippen LogP contribution in [0.3, 0.4) is 0 Å². The lowest BCUT2D eigenvalue weighted by atomic mass is 9.89. The van der Waals surface area contributed by atoms with E-state index in [9.17, 15) is 24.2 Å². The number of likely N-dealkylation sites (tertiary alicyclic amines) is 1. The van der Waals surface area contributed by atoms with E-state index in [0.717, 1.165) is 41.9 Å². The van der Waals surface area contributed by atoms with Gasteiger partial charge in [0.05, 0.1) is 5.52 Å². The molecular weight excluding hydrogens is 479 g/mol. The van der Waals surface area contributed by atoms with Crippen LogP contribution in [0.15, 0.2) is 41.4 Å². The number of amides is 1. The molecule has 34 heavy (non-hydrogen) atoms. The van der Waals surface area contributed by atoms with Gasteiger partial charge in [-0.1, -0.05) is 19.4 Å². The molecular formula is C22H23F5N4O2S. The minimum atomic E-state index is -9.76. The predicted molar refractivity (Wildman–Crippen MR) is 118 cm³/mol. The number of ether oxygens (including phenoxy) is 1. The van der Waals surface area contributed by atoms with Crippen LogP contribution >= 0.6 is 10.2 Å². The van der Waals surface area contributed by atoms with Crippen molar-refractivity contribution in [2.45, 2.75) is 42.6 Å². The van der Waals surface area contributed by atoms with Crippen molar-refractivity contribution in [2.75, 3.05) is 19.7 Å². The van der Waals surface area contributed by atoms with E-state index < -0.39 is 21.0 Å². The van der Waals surface area contributed by atoms with Crippen LogP contribution in [0.5, 0.6) is 0 Å². The van der Waals surface area contributed by atoms with Crippen molar-refractivity contribution in [3.8, 4) is 0 Å². The predicted octanol–water partition coefficient (Wildman–Crippen LogP) is 6.49. The molecule has 6 nitrogen and oxygen atoms in total. The molecule has 4 heterocycles. The number of pyridine rings is 1. The number of fused-ring (bicyclic) bond motifs is 1. The average Bonchev–Trinajstić information content (AvgIpc) is 3.47. The number of hydrogen-bond donors (Lipinski definition) is 1. The minimum absolute atomic E-state index is 0.0508. The summed E-state index contributed by atoms with van der Waals surface area (Å²) in [6, 6.07) is 4.11. The van der Waals surface area contributed by atoms with Gasteiger partial charge in [0.2, 0.25) is 0 Å². The number of piperidine rings is 1. The molecule has 2 fully saturated rings. The molecule has 2 aliphatic heterocycles. The molecule has 3 aromatic rings. The zero-order chi connectivity index (χ0) is 24.2. The number of hydrogen-bond acceptors (Lipinski definition) is 4. The summed E-state index contributed by atoms with van der Waals surface area (Å²) in [6.45, 7) is 1.49. The molecule has 12 heteroatoms. The third-order valence-corrected chi connectivity index (χ3v) is 7.61. The van der Waals surface area contributed by atoms with E-state index in [0.29, 0.717) is 38.2 Å². The van der Waals surface area contributed by atoms with E-state index in [4.69, 9.17) is 4.74 Å². The van der Waals surface area contributed by atoms with Crippen molar-refractivity contribution in [1.82, 2.24) is 19.9 Å². The smallest absolute Gasteiger partial charge is 0.310 e. The van der Waals surface area contributed by atoms with E-state index in [-0.39, 0.29) is 29.7 Å². The third-order valence-electron chi connectivity index (χ3n) is 6.45. The number of halogens is 5. The van der Waals surface area contributed by atoms with Crippen LogP contribution < -0.4 is 0 Å². The van der Waals surface area contributed by atoms with Crippen molar-refractivity contribution >= 4 is 27.3 Å². The molecule has 2 saturated heterocycles. The number of imidazole rings is 1. The lowest BCUT2D eigenvalue weighted by Gasteiger charge is -2.40. The molecule has 1 unspecified atom stereocenters. The van der Waals surface area contributed by atoms with Crippen molar-refractivity contribution in [2.24, 2.45) is 0 Å². The molecule has 0 radical (unpaired) electrons. The maximum atomic E-state index is 12.9. The SMILES string of the molecule is O=C(c1ccc(S(F)(F)(F)(F)F)cc1)N1CCC(c2ccnc3nc(C4CCCO4)[nH]c23)CC1. The van der Waals surface area contributed by atoms with E-state index in [2.05, 4.69) is 15.0 Å². The van der Waals surface area contributed by atoms with Crippen molar-refractivity contribution < 1.29 is 29.0 Å². The van der Waals surface area contributed by atoms with Crippen LogP contribution in [0.1, 0.15) is 59.5 Å². The Morgan fingerprint density at radius 2 is 1.74 bits per heavy atom. The molecule has 1 aromatic carbocycles. The van der Waals surface area contributed by atoms with E-state index in [1.54, 1.807) is 6.20 Å². The Kier molecular flexibility index (Phi) is 5.00. The fraction of sp³-hybridized carbons (Fsp3) is 0.409. The van der Waals surface area contributed by atoms with Gasteiger partial charge in [0.25, 0.3) is 5.91 Å². The standard InChI is InChI=1S/C22H23F5N4O2S/c23-34(24,25,26,27)16-5-3-15(4-6-16)22(32)31-11-8-14(9-12-31)17-7-10-28-21-19(17)29-20(30-21)18-2-1-13-33-18/h3-7,10,14,18H,1-2,8-9,11-13H2,(H,28,29,30). The zero-order valence-corrected chi connectivity index (χ0v) is 18.8. The number of aromatic nitrogens is 3. The second kappa shape index (κ2) is 7.38. The Labute approximate surface area is 192 Å². The van der Waals surface area contributed by atoms with Crippen LogP contribution in [-0.2, 0) is 4.74 Å². The normalized spacial score (nSPS) is 22.0. The molecule has 0 spiro atoms. The highest BCUT2D eigenvalue weighted by molar-refractivity contribution is 8.45. The van der Waals surface area contributed by atoms with Gasteiger partial charge in [-0.05, 0) is 67.5 Å². The molecule has 1 atom stereocenters. The fourth-order valence-electron chi connectivity index (χ4n) is 4.66. The Balaban J connectivity index is 1.29. The summed E-state index contributed by atoms with van der Waals surface area (Å²) >= 11 is 0. The summed E-state index contributed by atoms with van der Waals surface area (Å²) in [5.74, 6) is 0.423. The Bertz CT molecular complexity index is 1230. The van der Waals surface area contributed by atoms with Crippen molar-refractivity contribution in [1.29, 1.82) is 0 Å². The third kappa shape index (κ3) is 4.48. The largest absolute Gasteiger partial charge is 0.370 e. The molecule has 5 rings (SSSR count). The number of benzene rings is 1. The number of nitrogens with zero attached hydrogens (tertiary/aromatic N) is 3. The molecule has 184 valence electrons. The average molecular weight is 503 g/mol. The van der Waals surface area contributed by atoms with Crippen LogP contribution in [0.4, 0.5) is 19.4 Å². The number of carbonyl (C=O) groups is 1. The molecule has 1 amide bonds. The number of carbonyl (C=O) groups excluding carboxylic acids is 1.